The SMILES string of the molecule is CCCCCCCCC/C=C\C(=O)C1OC1CCCC(=O)O. The van der Waals surface area contributed by atoms with Gasteiger partial charge in [-0.3, -0.25) is 9.59 Å². The van der Waals surface area contributed by atoms with Gasteiger partial charge in [0.25, 0.3) is 0 Å². The summed E-state index contributed by atoms with van der Waals surface area (Å²) in [7, 11) is 0. The lowest BCUT2D eigenvalue weighted by Gasteiger charge is -1.98. The average molecular weight is 310 g/mol. The van der Waals surface area contributed by atoms with Gasteiger partial charge >= 0.3 is 5.97 Å². The second kappa shape index (κ2) is 11.4. The zero-order chi connectivity index (χ0) is 16.2. The minimum absolute atomic E-state index is 0.0308. The normalized spacial score (nSPS) is 20.4. The third-order valence-corrected chi connectivity index (χ3v) is 4.00. The van der Waals surface area contributed by atoms with Crippen molar-refractivity contribution >= 4 is 11.8 Å². The van der Waals surface area contributed by atoms with E-state index in [2.05, 4.69) is 6.92 Å². The topological polar surface area (TPSA) is 66.9 Å². The van der Waals surface area contributed by atoms with Crippen LogP contribution in [0.2, 0.25) is 0 Å². The Morgan fingerprint density at radius 1 is 1.05 bits per heavy atom. The van der Waals surface area contributed by atoms with Gasteiger partial charge in [-0.05, 0) is 31.8 Å². The molecular weight excluding hydrogens is 280 g/mol. The molecule has 0 amide bonds. The number of carbonyl (C=O) groups excluding carboxylic acids is 1. The van der Waals surface area contributed by atoms with Crippen LogP contribution >= 0.6 is 0 Å². The Morgan fingerprint density at radius 2 is 1.73 bits per heavy atom. The monoisotopic (exact) mass is 310 g/mol. The molecule has 1 aliphatic heterocycles. The molecule has 4 nitrogen and oxygen atoms in total. The molecule has 2 unspecified atom stereocenters. The lowest BCUT2D eigenvalue weighted by atomic mass is 10.1. The van der Waals surface area contributed by atoms with Crippen molar-refractivity contribution in [2.45, 2.75) is 89.8 Å². The Labute approximate surface area is 133 Å². The summed E-state index contributed by atoms with van der Waals surface area (Å²) in [5.74, 6) is -0.763. The molecule has 22 heavy (non-hydrogen) atoms. The highest BCUT2D eigenvalue weighted by molar-refractivity contribution is 5.95. The first-order valence-electron chi connectivity index (χ1n) is 8.72. The van der Waals surface area contributed by atoms with Crippen LogP contribution in [-0.4, -0.2) is 29.1 Å². The van der Waals surface area contributed by atoms with Gasteiger partial charge in [-0.15, -0.1) is 0 Å². The van der Waals surface area contributed by atoms with E-state index in [0.717, 1.165) is 12.8 Å². The van der Waals surface area contributed by atoms with Gasteiger partial charge in [-0.2, -0.15) is 0 Å². The van der Waals surface area contributed by atoms with Gasteiger partial charge in [0.1, 0.15) is 6.10 Å². The van der Waals surface area contributed by atoms with Crippen LogP contribution in [0.1, 0.15) is 77.6 Å². The minimum Gasteiger partial charge on any atom is -0.481 e. The van der Waals surface area contributed by atoms with Gasteiger partial charge in [-0.25, -0.2) is 0 Å². The molecule has 0 aliphatic carbocycles. The summed E-state index contributed by atoms with van der Waals surface area (Å²) in [5.41, 5.74) is 0. The van der Waals surface area contributed by atoms with E-state index in [1.165, 1.54) is 38.5 Å². The third-order valence-electron chi connectivity index (χ3n) is 4.00. The maximum atomic E-state index is 11.8. The maximum absolute atomic E-state index is 11.8. The van der Waals surface area contributed by atoms with Crippen molar-refractivity contribution in [1.29, 1.82) is 0 Å². The lowest BCUT2D eigenvalue weighted by Crippen LogP contribution is -2.07. The summed E-state index contributed by atoms with van der Waals surface area (Å²) in [6.45, 7) is 2.22. The number of allylic oxidation sites excluding steroid dienone is 1. The highest BCUT2D eigenvalue weighted by Gasteiger charge is 2.42. The molecule has 1 aliphatic rings. The summed E-state index contributed by atoms with van der Waals surface area (Å²) in [6.07, 6.45) is 14.5. The number of carboxylic acids is 1. The van der Waals surface area contributed by atoms with E-state index in [0.29, 0.717) is 12.8 Å². The van der Waals surface area contributed by atoms with Gasteiger partial charge in [0.2, 0.25) is 0 Å². The van der Waals surface area contributed by atoms with Crippen molar-refractivity contribution in [2.75, 3.05) is 0 Å². The van der Waals surface area contributed by atoms with Crippen LogP contribution in [0.4, 0.5) is 0 Å². The Hall–Kier alpha value is -1.16. The Kier molecular flexibility index (Phi) is 9.80. The van der Waals surface area contributed by atoms with Crippen LogP contribution in [0.5, 0.6) is 0 Å². The van der Waals surface area contributed by atoms with Crippen molar-refractivity contribution in [1.82, 2.24) is 0 Å². The quantitative estimate of drug-likeness (QED) is 0.295. The number of carbonyl (C=O) groups is 2. The predicted molar refractivity (Wildman–Crippen MR) is 86.9 cm³/mol. The smallest absolute Gasteiger partial charge is 0.303 e. The largest absolute Gasteiger partial charge is 0.481 e. The zero-order valence-electron chi connectivity index (χ0n) is 13.8. The first-order chi connectivity index (χ1) is 10.6. The van der Waals surface area contributed by atoms with Crippen LogP contribution in [0.25, 0.3) is 0 Å². The number of rotatable bonds is 14. The number of carboxylic acid groups (broad SMARTS) is 1. The average Bonchev–Trinajstić information content (AvgIpc) is 3.24. The number of hydrogen-bond acceptors (Lipinski definition) is 3. The molecule has 4 heteroatoms. The van der Waals surface area contributed by atoms with E-state index in [1.807, 2.05) is 6.08 Å². The van der Waals surface area contributed by atoms with Crippen LogP contribution in [0.3, 0.4) is 0 Å². The summed E-state index contributed by atoms with van der Waals surface area (Å²) < 4.78 is 5.30. The van der Waals surface area contributed by atoms with Crippen LogP contribution in [0.15, 0.2) is 12.2 Å². The van der Waals surface area contributed by atoms with Gasteiger partial charge in [-0.1, -0.05) is 51.5 Å². The van der Waals surface area contributed by atoms with Crippen LogP contribution in [0, 0.1) is 0 Å². The molecule has 0 aromatic rings. The summed E-state index contributed by atoms with van der Waals surface area (Å²) >= 11 is 0. The second-order valence-electron chi connectivity index (χ2n) is 6.10. The standard InChI is InChI=1S/C18H30O4/c1-2-3-4-5-6-7-8-9-10-12-15(19)18-16(22-18)13-11-14-17(20)21/h10,12,16,18H,2-9,11,13-14H2,1H3,(H,20,21)/b12-10-. The molecule has 1 saturated heterocycles. The Balaban J connectivity index is 1.96. The van der Waals surface area contributed by atoms with Crippen LogP contribution < -0.4 is 0 Å². The molecule has 1 fully saturated rings. The highest BCUT2D eigenvalue weighted by atomic mass is 16.6. The van der Waals surface area contributed by atoms with E-state index in [1.54, 1.807) is 6.08 Å². The van der Waals surface area contributed by atoms with Gasteiger partial charge in [0.15, 0.2) is 5.78 Å². The van der Waals surface area contributed by atoms with Crippen molar-refractivity contribution < 1.29 is 19.4 Å². The van der Waals surface area contributed by atoms with Crippen molar-refractivity contribution in [3.8, 4) is 0 Å². The van der Waals surface area contributed by atoms with Crippen molar-refractivity contribution in [2.24, 2.45) is 0 Å². The molecule has 0 spiro atoms. The fraction of sp³-hybridized carbons (Fsp3) is 0.778. The zero-order valence-corrected chi connectivity index (χ0v) is 13.8. The molecule has 1 heterocycles. The molecule has 0 radical (unpaired) electrons. The first-order valence-corrected chi connectivity index (χ1v) is 8.72. The Bertz CT molecular complexity index is 362. The fourth-order valence-electron chi connectivity index (χ4n) is 2.58. The first kappa shape index (κ1) is 18.9. The number of ketones is 1. The molecule has 0 bridgehead atoms. The highest BCUT2D eigenvalue weighted by Crippen LogP contribution is 2.28. The number of aliphatic carboxylic acids is 1. The van der Waals surface area contributed by atoms with Gasteiger partial charge < -0.3 is 9.84 Å². The van der Waals surface area contributed by atoms with Gasteiger partial charge in [0.05, 0.1) is 6.10 Å². The molecule has 1 N–H and O–H groups in total. The Morgan fingerprint density at radius 3 is 2.41 bits per heavy atom. The lowest BCUT2D eigenvalue weighted by molar-refractivity contribution is -0.137. The minimum atomic E-state index is -0.793. The molecule has 126 valence electrons. The summed E-state index contributed by atoms with van der Waals surface area (Å²) in [5, 5.41) is 8.55. The number of ether oxygens (including phenoxy) is 1. The van der Waals surface area contributed by atoms with Crippen LogP contribution in [-0.2, 0) is 14.3 Å². The maximum Gasteiger partial charge on any atom is 0.303 e. The van der Waals surface area contributed by atoms with Gasteiger partial charge in [0, 0.05) is 6.42 Å². The van der Waals surface area contributed by atoms with Crippen molar-refractivity contribution in [3.05, 3.63) is 12.2 Å². The molecule has 2 atom stereocenters. The van der Waals surface area contributed by atoms with E-state index >= 15 is 0 Å². The predicted octanol–water partition coefficient (Wildman–Crippen LogP) is 4.27. The van der Waals surface area contributed by atoms with E-state index in [9.17, 15) is 9.59 Å². The number of hydrogen-bond donors (Lipinski definition) is 1. The van der Waals surface area contributed by atoms with E-state index < -0.39 is 5.97 Å². The summed E-state index contributed by atoms with van der Waals surface area (Å²) in [6, 6.07) is 0. The molecule has 1 rings (SSSR count). The number of unbranched alkanes of at least 4 members (excludes halogenated alkanes) is 7. The van der Waals surface area contributed by atoms with Crippen molar-refractivity contribution in [3.63, 3.8) is 0 Å². The molecular formula is C18H30O4. The molecule has 0 aromatic carbocycles. The fourth-order valence-corrected chi connectivity index (χ4v) is 2.58. The summed E-state index contributed by atoms with van der Waals surface area (Å²) in [4.78, 5) is 22.2. The number of epoxide rings is 1. The molecule has 0 aromatic heterocycles. The van der Waals surface area contributed by atoms with E-state index in [-0.39, 0.29) is 24.4 Å². The third kappa shape index (κ3) is 8.98. The second-order valence-corrected chi connectivity index (χ2v) is 6.10. The molecule has 0 saturated carbocycles. The van der Waals surface area contributed by atoms with E-state index in [4.69, 9.17) is 9.84 Å².